The molecule has 0 atom stereocenters. The lowest BCUT2D eigenvalue weighted by molar-refractivity contribution is 0.0502. The van der Waals surface area contributed by atoms with Gasteiger partial charge in [-0.2, -0.15) is 5.10 Å². The highest BCUT2D eigenvalue weighted by molar-refractivity contribution is 5.97. The van der Waals surface area contributed by atoms with Crippen LogP contribution in [-0.4, -0.2) is 62.8 Å². The minimum atomic E-state index is -0.0978. The van der Waals surface area contributed by atoms with Crippen molar-refractivity contribution in [1.82, 2.24) is 30.0 Å². The van der Waals surface area contributed by atoms with Gasteiger partial charge in [-0.1, -0.05) is 0 Å². The molecule has 5 rings (SSSR count). The van der Waals surface area contributed by atoms with Crippen LogP contribution in [0.25, 0.3) is 11.0 Å². The number of hydrogen-bond donors (Lipinski definition) is 1. The fourth-order valence-electron chi connectivity index (χ4n) is 3.45. The van der Waals surface area contributed by atoms with E-state index in [1.54, 1.807) is 40.5 Å². The molecular weight excluding hydrogens is 346 g/mol. The van der Waals surface area contributed by atoms with Crippen LogP contribution < -0.4 is 10.2 Å². The lowest BCUT2D eigenvalue weighted by atomic mass is 10.1. The van der Waals surface area contributed by atoms with Crippen molar-refractivity contribution >= 4 is 28.7 Å². The third kappa shape index (κ3) is 2.67. The molecule has 0 saturated carbocycles. The van der Waals surface area contributed by atoms with Gasteiger partial charge in [-0.15, -0.1) is 0 Å². The Hall–Kier alpha value is -3.49. The lowest BCUT2D eigenvalue weighted by Crippen LogP contribution is -2.50. The van der Waals surface area contributed by atoms with Crippen molar-refractivity contribution in [2.45, 2.75) is 6.04 Å². The zero-order valence-corrected chi connectivity index (χ0v) is 14.4. The summed E-state index contributed by atoms with van der Waals surface area (Å²) in [6.45, 7) is 2.46. The number of rotatable bonds is 3. The second-order valence-electron chi connectivity index (χ2n) is 6.69. The zero-order chi connectivity index (χ0) is 18.4. The van der Waals surface area contributed by atoms with Gasteiger partial charge in [-0.25, -0.2) is 4.79 Å². The van der Waals surface area contributed by atoms with E-state index in [9.17, 15) is 9.59 Å². The highest BCUT2D eigenvalue weighted by Crippen LogP contribution is 2.26. The molecule has 1 N–H and O–H groups in total. The minimum absolute atomic E-state index is 0.0231. The van der Waals surface area contributed by atoms with E-state index in [0.717, 1.165) is 11.2 Å². The summed E-state index contributed by atoms with van der Waals surface area (Å²) in [6, 6.07) is 5.39. The molecule has 2 aliphatic heterocycles. The topological polar surface area (TPSA) is 96.3 Å². The number of likely N-dealkylation sites (tertiary alicyclic amines) is 1. The highest BCUT2D eigenvalue weighted by atomic mass is 16.2. The van der Waals surface area contributed by atoms with E-state index in [1.165, 1.54) is 0 Å². The first-order valence-electron chi connectivity index (χ1n) is 8.78. The second-order valence-corrected chi connectivity index (χ2v) is 6.69. The van der Waals surface area contributed by atoms with E-state index in [0.29, 0.717) is 37.3 Å². The summed E-state index contributed by atoms with van der Waals surface area (Å²) in [5, 5.41) is 7.14. The van der Waals surface area contributed by atoms with E-state index in [1.807, 2.05) is 16.9 Å². The first-order chi connectivity index (χ1) is 13.2. The second kappa shape index (κ2) is 6.04. The van der Waals surface area contributed by atoms with Crippen LogP contribution in [0.5, 0.6) is 0 Å². The third-order valence-electron chi connectivity index (χ3n) is 5.00. The Morgan fingerprint density at radius 1 is 1.15 bits per heavy atom. The summed E-state index contributed by atoms with van der Waals surface area (Å²) in [7, 11) is 0. The van der Waals surface area contributed by atoms with E-state index in [2.05, 4.69) is 20.4 Å². The molecule has 1 aromatic carbocycles. The van der Waals surface area contributed by atoms with Gasteiger partial charge >= 0.3 is 6.03 Å². The van der Waals surface area contributed by atoms with E-state index < -0.39 is 0 Å². The number of carbonyl (C=O) groups is 2. The monoisotopic (exact) mass is 363 g/mol. The summed E-state index contributed by atoms with van der Waals surface area (Å²) >= 11 is 0. The molecule has 0 unspecified atom stereocenters. The van der Waals surface area contributed by atoms with Crippen LogP contribution in [0, 0.1) is 0 Å². The highest BCUT2D eigenvalue weighted by Gasteiger charge is 2.34. The SMILES string of the molecule is O=C(c1ccc2nccnc2c1)N1CC(n2cc(N3CCNC3=O)cn2)C1. The molecule has 2 aliphatic rings. The van der Waals surface area contributed by atoms with Crippen LogP contribution in [0.3, 0.4) is 0 Å². The first kappa shape index (κ1) is 15.7. The Balaban J connectivity index is 1.26. The molecule has 0 radical (unpaired) electrons. The number of benzene rings is 1. The van der Waals surface area contributed by atoms with Crippen molar-refractivity contribution in [3.63, 3.8) is 0 Å². The fourth-order valence-corrected chi connectivity index (χ4v) is 3.45. The van der Waals surface area contributed by atoms with Gasteiger partial charge < -0.3 is 10.2 Å². The molecule has 2 aromatic heterocycles. The number of aromatic nitrogens is 4. The van der Waals surface area contributed by atoms with Crippen LogP contribution in [-0.2, 0) is 0 Å². The lowest BCUT2D eigenvalue weighted by Gasteiger charge is -2.39. The number of carbonyl (C=O) groups excluding carboxylic acids is 2. The molecule has 0 bridgehead atoms. The van der Waals surface area contributed by atoms with Gasteiger partial charge in [0, 0.05) is 50.3 Å². The maximum absolute atomic E-state index is 12.7. The average molecular weight is 363 g/mol. The Bertz CT molecular complexity index is 1040. The van der Waals surface area contributed by atoms with Gasteiger partial charge in [0.1, 0.15) is 0 Å². The Morgan fingerprint density at radius 2 is 1.96 bits per heavy atom. The summed E-state index contributed by atoms with van der Waals surface area (Å²) in [6.07, 6.45) is 6.81. The third-order valence-corrected chi connectivity index (χ3v) is 5.00. The van der Waals surface area contributed by atoms with Gasteiger partial charge in [0.2, 0.25) is 0 Å². The number of anilines is 1. The van der Waals surface area contributed by atoms with Crippen molar-refractivity contribution in [1.29, 1.82) is 0 Å². The smallest absolute Gasteiger partial charge is 0.322 e. The molecule has 4 heterocycles. The molecule has 0 spiro atoms. The summed E-state index contributed by atoms with van der Waals surface area (Å²) in [4.78, 5) is 36.4. The quantitative estimate of drug-likeness (QED) is 0.750. The van der Waals surface area contributed by atoms with Gasteiger partial charge in [0.25, 0.3) is 5.91 Å². The van der Waals surface area contributed by atoms with Crippen LogP contribution in [0.2, 0.25) is 0 Å². The normalized spacial score (nSPS) is 17.3. The average Bonchev–Trinajstić information content (AvgIpc) is 3.29. The summed E-state index contributed by atoms with van der Waals surface area (Å²) in [5.74, 6) is -0.0231. The van der Waals surface area contributed by atoms with Gasteiger partial charge in [-0.3, -0.25) is 24.3 Å². The van der Waals surface area contributed by atoms with Crippen molar-refractivity contribution in [2.24, 2.45) is 0 Å². The molecular formula is C18H17N7O2. The van der Waals surface area contributed by atoms with Crippen molar-refractivity contribution in [3.05, 3.63) is 48.5 Å². The Kier molecular flexibility index (Phi) is 3.52. The molecule has 2 saturated heterocycles. The van der Waals surface area contributed by atoms with Gasteiger partial charge in [0.05, 0.1) is 29.0 Å². The first-order valence-corrected chi connectivity index (χ1v) is 8.78. The summed E-state index contributed by atoms with van der Waals surface area (Å²) < 4.78 is 1.83. The molecule has 2 fully saturated rings. The molecule has 9 nitrogen and oxygen atoms in total. The maximum atomic E-state index is 12.7. The number of hydrogen-bond acceptors (Lipinski definition) is 5. The molecule has 3 aromatic rings. The van der Waals surface area contributed by atoms with Crippen molar-refractivity contribution in [2.75, 3.05) is 31.1 Å². The predicted octanol–water partition coefficient (Wildman–Crippen LogP) is 1.05. The fraction of sp³-hybridized carbons (Fsp3) is 0.278. The standard InChI is InChI=1S/C18H17N7O2/c26-17(12-1-2-15-16(7-12)20-4-3-19-15)23-9-14(10-23)25-11-13(8-22-25)24-6-5-21-18(24)27/h1-4,7-8,11,14H,5-6,9-10H2,(H,21,27). The number of nitrogens with zero attached hydrogens (tertiary/aromatic N) is 6. The van der Waals surface area contributed by atoms with E-state index in [-0.39, 0.29) is 18.0 Å². The van der Waals surface area contributed by atoms with E-state index in [4.69, 9.17) is 0 Å². The van der Waals surface area contributed by atoms with Crippen LogP contribution in [0.4, 0.5) is 10.5 Å². The Morgan fingerprint density at radius 3 is 2.74 bits per heavy atom. The number of nitrogens with one attached hydrogen (secondary N) is 1. The van der Waals surface area contributed by atoms with Crippen LogP contribution in [0.1, 0.15) is 16.4 Å². The van der Waals surface area contributed by atoms with Crippen molar-refractivity contribution < 1.29 is 9.59 Å². The molecule has 3 amide bonds. The Labute approximate surface area is 154 Å². The molecule has 0 aliphatic carbocycles. The van der Waals surface area contributed by atoms with Gasteiger partial charge in [0.15, 0.2) is 0 Å². The maximum Gasteiger partial charge on any atom is 0.322 e. The number of amides is 3. The van der Waals surface area contributed by atoms with E-state index >= 15 is 0 Å². The summed E-state index contributed by atoms with van der Waals surface area (Å²) in [5.41, 5.74) is 2.87. The minimum Gasteiger partial charge on any atom is -0.336 e. The largest absolute Gasteiger partial charge is 0.336 e. The molecule has 136 valence electrons. The van der Waals surface area contributed by atoms with Crippen LogP contribution >= 0.6 is 0 Å². The van der Waals surface area contributed by atoms with Gasteiger partial charge in [-0.05, 0) is 18.2 Å². The van der Waals surface area contributed by atoms with Crippen molar-refractivity contribution in [3.8, 4) is 0 Å². The number of fused-ring (bicyclic) bond motifs is 1. The molecule has 27 heavy (non-hydrogen) atoms. The predicted molar refractivity (Wildman–Crippen MR) is 97.5 cm³/mol. The van der Waals surface area contributed by atoms with Crippen LogP contribution in [0.15, 0.2) is 43.0 Å². The zero-order valence-electron chi connectivity index (χ0n) is 14.4. The molecule has 9 heteroatoms. The number of urea groups is 1.